The molecular weight excluding hydrogens is 2430 g/mol. The Labute approximate surface area is 859 Å². The third-order valence-electron chi connectivity index (χ3n) is 20.5. The molecule has 4 radical (unpaired) electrons. The Morgan fingerprint density at radius 2 is 0.496 bits per heavy atom. The van der Waals surface area contributed by atoms with Crippen LogP contribution in [-0.2, 0) is 85.2 Å². The van der Waals surface area contributed by atoms with Crippen molar-refractivity contribution >= 4 is 58.8 Å². The van der Waals surface area contributed by atoms with Crippen LogP contribution < -0.4 is 20.7 Å². The molecular formula is C118H112Ir4N7O2Si4-7. The van der Waals surface area contributed by atoms with Gasteiger partial charge in [-0.2, -0.15) is 0 Å². The largest absolute Gasteiger partial charge is 0.512 e. The predicted octanol–water partition coefficient (Wildman–Crippen LogP) is 27.7. The van der Waals surface area contributed by atoms with E-state index in [2.05, 4.69) is 332 Å². The van der Waals surface area contributed by atoms with Crippen LogP contribution in [-0.4, -0.2) is 78.1 Å². The molecule has 18 aromatic rings. The van der Waals surface area contributed by atoms with Crippen molar-refractivity contribution in [1.82, 2.24) is 34.9 Å². The van der Waals surface area contributed by atoms with E-state index in [1.54, 1.807) is 18.6 Å². The number of ketones is 1. The minimum Gasteiger partial charge on any atom is -0.512 e. The van der Waals surface area contributed by atoms with Crippen molar-refractivity contribution in [1.29, 1.82) is 0 Å². The van der Waals surface area contributed by atoms with E-state index < -0.39 is 32.3 Å². The van der Waals surface area contributed by atoms with E-state index >= 15 is 0 Å². The second kappa shape index (κ2) is 55.9. The summed E-state index contributed by atoms with van der Waals surface area (Å²) in [5.74, 6) is -0.0625. The topological polar surface area (TPSA) is 128 Å². The minimum atomic E-state index is -1.44. The van der Waals surface area contributed by atoms with Crippen molar-refractivity contribution < 1.29 is 90.3 Å². The van der Waals surface area contributed by atoms with Gasteiger partial charge in [0.05, 0.1) is 38.1 Å². The third-order valence-corrected chi connectivity index (χ3v) is 28.6. The molecule has 0 aliphatic carbocycles. The zero-order chi connectivity index (χ0) is 92.9. The number of benzene rings is 11. The molecule has 0 atom stereocenters. The zero-order valence-corrected chi connectivity index (χ0v) is 92.2. The molecule has 11 aromatic carbocycles. The summed E-state index contributed by atoms with van der Waals surface area (Å²) in [4.78, 5) is 41.2. The maximum absolute atomic E-state index is 10.0. The standard InChI is InChI=1S/4C20H20NSi.3C11H8N.C5H8O2.4Ir/c3*1-22(2,3)19-13-8-14-21-20(19)18-12-7-11-17(15-18)16-9-5-4-6-10-16;1-22(2,3)19-12-13-21-20(15-19)18-11-7-10-17(14-18)16-8-5-4-6-9-16;3*1-2-6-10(7-3-1)11-8-4-5-9-12-11;1-4(6)3-5(2)7;;;;/h3*4-11,13-15H,1-3H3;4-10,12-15H,1-3H3;3*1-6,8-9H;3,6H,1-2H3;;;;/q7*-1;;;;;. The molecule has 17 heteroatoms. The van der Waals surface area contributed by atoms with Gasteiger partial charge in [0, 0.05) is 130 Å². The van der Waals surface area contributed by atoms with Crippen molar-refractivity contribution in [3.05, 3.63) is 468 Å². The Morgan fingerprint density at radius 1 is 0.237 bits per heavy atom. The second-order valence-electron chi connectivity index (χ2n) is 34.9. The first-order chi connectivity index (χ1) is 63.2. The van der Waals surface area contributed by atoms with Gasteiger partial charge >= 0.3 is 0 Å². The number of rotatable bonds is 16. The van der Waals surface area contributed by atoms with Crippen LogP contribution in [0.3, 0.4) is 0 Å². The van der Waals surface area contributed by atoms with Crippen LogP contribution in [0, 0.1) is 42.5 Å². The van der Waals surface area contributed by atoms with E-state index in [0.717, 1.165) is 78.8 Å². The Bertz CT molecular complexity index is 5930. The minimum absolute atomic E-state index is 0. The molecule has 0 aliphatic heterocycles. The maximum Gasteiger partial charge on any atom is 0.155 e. The van der Waals surface area contributed by atoms with Gasteiger partial charge in [-0.25, -0.2) is 0 Å². The van der Waals surface area contributed by atoms with Crippen LogP contribution >= 0.6 is 0 Å². The van der Waals surface area contributed by atoms with Crippen LogP contribution in [0.2, 0.25) is 78.6 Å². The Hall–Kier alpha value is -11.9. The van der Waals surface area contributed by atoms with Gasteiger partial charge in [0.15, 0.2) is 5.78 Å². The van der Waals surface area contributed by atoms with E-state index in [1.807, 2.05) is 219 Å². The quantitative estimate of drug-likeness (QED) is 0.0435. The average molecular weight is 2540 g/mol. The van der Waals surface area contributed by atoms with Crippen LogP contribution in [0.1, 0.15) is 13.8 Å². The molecule has 0 amide bonds. The van der Waals surface area contributed by atoms with Crippen LogP contribution in [0.25, 0.3) is 123 Å². The maximum atomic E-state index is 10.0. The molecule has 7 aromatic heterocycles. The number of aromatic nitrogens is 7. The van der Waals surface area contributed by atoms with E-state index in [4.69, 9.17) is 5.11 Å². The first-order valence-electron chi connectivity index (χ1n) is 43.9. The molecule has 0 bridgehead atoms. The molecule has 690 valence electrons. The fourth-order valence-corrected chi connectivity index (χ4v) is 19.6. The number of hydrogen-bond acceptors (Lipinski definition) is 9. The summed E-state index contributed by atoms with van der Waals surface area (Å²) in [6.45, 7) is 31.1. The normalized spacial score (nSPS) is 10.6. The second-order valence-corrected chi connectivity index (χ2v) is 55.1. The van der Waals surface area contributed by atoms with Gasteiger partial charge in [0.25, 0.3) is 0 Å². The fourth-order valence-electron chi connectivity index (χ4n) is 13.9. The van der Waals surface area contributed by atoms with Crippen molar-refractivity contribution in [3.8, 4) is 123 Å². The first kappa shape index (κ1) is 110. The summed E-state index contributed by atoms with van der Waals surface area (Å²) in [5.41, 5.74) is 24.3. The van der Waals surface area contributed by atoms with Crippen molar-refractivity contribution in [2.75, 3.05) is 0 Å². The van der Waals surface area contributed by atoms with Crippen molar-refractivity contribution in [2.45, 2.75) is 92.4 Å². The van der Waals surface area contributed by atoms with Crippen molar-refractivity contribution in [3.63, 3.8) is 0 Å². The molecule has 135 heavy (non-hydrogen) atoms. The number of nitrogens with zero attached hydrogens (tertiary/aromatic N) is 7. The van der Waals surface area contributed by atoms with Gasteiger partial charge < -0.3 is 40.0 Å². The first-order valence-corrected chi connectivity index (χ1v) is 57.9. The van der Waals surface area contributed by atoms with Crippen LogP contribution in [0.5, 0.6) is 0 Å². The van der Waals surface area contributed by atoms with Crippen LogP contribution in [0.15, 0.2) is 425 Å². The number of aliphatic hydroxyl groups excluding tert-OH is 1. The van der Waals surface area contributed by atoms with E-state index in [0.29, 0.717) is 0 Å². The average Bonchev–Trinajstić information content (AvgIpc) is 0.803. The number of carbonyl (C=O) groups excluding carboxylic acids is 1. The third kappa shape index (κ3) is 35.4. The molecule has 1 N–H and O–H groups in total. The summed E-state index contributed by atoms with van der Waals surface area (Å²) in [7, 11) is -5.65. The smallest absolute Gasteiger partial charge is 0.155 e. The number of aliphatic hydroxyl groups is 1. The summed E-state index contributed by atoms with van der Waals surface area (Å²) in [6.07, 6.45) is 14.1. The molecule has 0 fully saturated rings. The Balaban J connectivity index is 0.000000214. The summed E-state index contributed by atoms with van der Waals surface area (Å²) >= 11 is 0. The van der Waals surface area contributed by atoms with Gasteiger partial charge in [0.1, 0.15) is 0 Å². The predicted molar refractivity (Wildman–Crippen MR) is 560 cm³/mol. The van der Waals surface area contributed by atoms with Crippen molar-refractivity contribution in [2.24, 2.45) is 0 Å². The Kier molecular flexibility index (Phi) is 45.6. The van der Waals surface area contributed by atoms with Gasteiger partial charge in [-0.05, 0) is 118 Å². The molecule has 0 unspecified atom stereocenters. The summed E-state index contributed by atoms with van der Waals surface area (Å²) in [6, 6.07) is 148. The van der Waals surface area contributed by atoms with Gasteiger partial charge in [-0.1, -0.05) is 281 Å². The molecule has 0 saturated heterocycles. The van der Waals surface area contributed by atoms with Crippen LogP contribution in [0.4, 0.5) is 0 Å². The van der Waals surface area contributed by atoms with E-state index in [1.165, 1.54) is 85.2 Å². The number of hydrogen-bond donors (Lipinski definition) is 1. The number of carbonyl (C=O) groups is 1. The summed E-state index contributed by atoms with van der Waals surface area (Å²) in [5, 5.41) is 13.9. The van der Waals surface area contributed by atoms with Gasteiger partial charge in [-0.3, -0.25) is 4.79 Å². The SMILES string of the molecule is CC(=O)C=C(C)O.C[Si](C)(C)c1cccnc1-c1[c-]ccc(-c2ccccc2)c1.C[Si](C)(C)c1cccnc1-c1[c-]ccc(-c2ccccc2)c1.C[Si](C)(C)c1cccnc1-c1[c-]ccc(-c2ccccc2)c1.C[Si](C)(C)c1ccnc(-c2[c-]ccc(-c3ccccc3)c2)c1.[Ir].[Ir].[Ir].[Ir].[c-]1ccccc1-c1ccccn1.[c-]1ccccc1-c1ccccn1.[c-]1ccccc1-c1ccccn1. The fraction of sp³-hybridized carbons (Fsp3) is 0.119. The molecule has 7 heterocycles. The summed E-state index contributed by atoms with van der Waals surface area (Å²) < 4.78 is 0. The molecule has 18 rings (SSSR count). The molecule has 0 spiro atoms. The zero-order valence-electron chi connectivity index (χ0n) is 78.7. The molecule has 0 saturated carbocycles. The Morgan fingerprint density at radius 3 is 0.741 bits per heavy atom. The number of pyridine rings is 7. The van der Waals surface area contributed by atoms with E-state index in [-0.39, 0.29) is 92.0 Å². The van der Waals surface area contributed by atoms with Gasteiger partial charge in [-0.15, -0.1) is 249 Å². The van der Waals surface area contributed by atoms with E-state index in [9.17, 15) is 4.79 Å². The monoisotopic (exact) mass is 2540 g/mol. The molecule has 9 nitrogen and oxygen atoms in total. The number of allylic oxidation sites excluding steroid dienone is 2. The van der Waals surface area contributed by atoms with Gasteiger partial charge in [0.2, 0.25) is 0 Å². The molecule has 0 aliphatic rings.